The Bertz CT molecular complexity index is 1570. The molecule has 190 valence electrons. The summed E-state index contributed by atoms with van der Waals surface area (Å²) < 4.78 is 0. The second-order valence-corrected chi connectivity index (χ2v) is 10.2. The van der Waals surface area contributed by atoms with Gasteiger partial charge in [-0.15, -0.1) is 11.3 Å². The van der Waals surface area contributed by atoms with Gasteiger partial charge < -0.3 is 15.1 Å². The van der Waals surface area contributed by atoms with Gasteiger partial charge >= 0.3 is 0 Å². The maximum absolute atomic E-state index is 11.6. The molecule has 1 N–H and O–H groups in total. The predicted molar refractivity (Wildman–Crippen MR) is 156 cm³/mol. The number of nitrogens with one attached hydrogen (secondary N) is 1. The molecule has 7 nitrogen and oxygen atoms in total. The van der Waals surface area contributed by atoms with Crippen molar-refractivity contribution in [2.24, 2.45) is 0 Å². The monoisotopic (exact) mass is 521 g/mol. The molecule has 1 saturated heterocycles. The average molecular weight is 522 g/mol. The number of piperazine rings is 1. The number of fused-ring (bicyclic) bond motifs is 1. The number of hydrogen-bond donors (Lipinski definition) is 1. The molecule has 0 unspecified atom stereocenters. The number of nitrogens with zero attached hydrogens (tertiary/aromatic N) is 4. The first kappa shape index (κ1) is 23.9. The SMILES string of the molecule is O=[N+]([O-])c1ccc(N2CCN(c3nc(-c4cccc5ccccc45)cs3)CC2)cc1NCc1ccccc1. The van der Waals surface area contributed by atoms with Crippen LogP contribution in [0.5, 0.6) is 0 Å². The Balaban J connectivity index is 1.15. The molecule has 8 heteroatoms. The lowest BCUT2D eigenvalue weighted by atomic mass is 10.0. The Labute approximate surface area is 225 Å². The van der Waals surface area contributed by atoms with E-state index in [2.05, 4.69) is 63.0 Å². The van der Waals surface area contributed by atoms with Gasteiger partial charge in [0, 0.05) is 55.4 Å². The van der Waals surface area contributed by atoms with Gasteiger partial charge in [0.25, 0.3) is 5.69 Å². The zero-order valence-corrected chi connectivity index (χ0v) is 21.6. The van der Waals surface area contributed by atoms with Gasteiger partial charge in [0.2, 0.25) is 0 Å². The van der Waals surface area contributed by atoms with E-state index in [1.54, 1.807) is 17.4 Å². The first-order valence-electron chi connectivity index (χ1n) is 12.7. The highest BCUT2D eigenvalue weighted by Crippen LogP contribution is 2.34. The van der Waals surface area contributed by atoms with Crippen molar-refractivity contribution in [2.45, 2.75) is 6.54 Å². The molecular weight excluding hydrogens is 494 g/mol. The van der Waals surface area contributed by atoms with Crippen LogP contribution in [0.3, 0.4) is 0 Å². The Hall–Kier alpha value is -4.43. The summed E-state index contributed by atoms with van der Waals surface area (Å²) in [4.78, 5) is 20.9. The zero-order valence-electron chi connectivity index (χ0n) is 20.8. The minimum Gasteiger partial charge on any atom is -0.375 e. The second kappa shape index (κ2) is 10.5. The lowest BCUT2D eigenvalue weighted by molar-refractivity contribution is -0.384. The van der Waals surface area contributed by atoms with Gasteiger partial charge in [-0.3, -0.25) is 10.1 Å². The Morgan fingerprint density at radius 2 is 1.61 bits per heavy atom. The molecule has 1 aliphatic rings. The van der Waals surface area contributed by atoms with Gasteiger partial charge in [-0.25, -0.2) is 4.98 Å². The molecule has 4 aromatic carbocycles. The minimum absolute atomic E-state index is 0.0899. The fraction of sp³-hybridized carbons (Fsp3) is 0.167. The number of benzene rings is 4. The highest BCUT2D eigenvalue weighted by molar-refractivity contribution is 7.14. The van der Waals surface area contributed by atoms with E-state index in [1.165, 1.54) is 10.8 Å². The molecule has 0 aliphatic carbocycles. The number of anilines is 3. The van der Waals surface area contributed by atoms with E-state index in [1.807, 2.05) is 42.5 Å². The number of aromatic nitrogens is 1. The van der Waals surface area contributed by atoms with E-state index >= 15 is 0 Å². The number of hydrogen-bond acceptors (Lipinski definition) is 7. The molecule has 6 rings (SSSR count). The van der Waals surface area contributed by atoms with E-state index < -0.39 is 0 Å². The van der Waals surface area contributed by atoms with Gasteiger partial charge in [-0.1, -0.05) is 72.8 Å². The summed E-state index contributed by atoms with van der Waals surface area (Å²) in [5.41, 5.74) is 4.86. The smallest absolute Gasteiger partial charge is 0.292 e. The average Bonchev–Trinajstić information content (AvgIpc) is 3.46. The third-order valence-corrected chi connectivity index (χ3v) is 7.88. The van der Waals surface area contributed by atoms with Crippen LogP contribution in [0.1, 0.15) is 5.56 Å². The highest BCUT2D eigenvalue weighted by atomic mass is 32.1. The molecule has 0 bridgehead atoms. The van der Waals surface area contributed by atoms with E-state index in [0.29, 0.717) is 12.2 Å². The lowest BCUT2D eigenvalue weighted by Crippen LogP contribution is -2.46. The van der Waals surface area contributed by atoms with Crippen LogP contribution in [0.4, 0.5) is 22.2 Å². The third kappa shape index (κ3) is 4.90. The summed E-state index contributed by atoms with van der Waals surface area (Å²) >= 11 is 1.68. The molecule has 2 heterocycles. The number of rotatable bonds is 7. The van der Waals surface area contributed by atoms with Gasteiger partial charge in [0.15, 0.2) is 5.13 Å². The topological polar surface area (TPSA) is 74.5 Å². The second-order valence-electron chi connectivity index (χ2n) is 9.31. The van der Waals surface area contributed by atoms with Crippen LogP contribution in [0.25, 0.3) is 22.0 Å². The van der Waals surface area contributed by atoms with Gasteiger partial charge in [-0.05, 0) is 28.5 Å². The molecule has 0 radical (unpaired) electrons. The van der Waals surface area contributed by atoms with Crippen LogP contribution < -0.4 is 15.1 Å². The fourth-order valence-corrected chi connectivity index (χ4v) is 5.83. The first-order valence-corrected chi connectivity index (χ1v) is 13.5. The van der Waals surface area contributed by atoms with Gasteiger partial charge in [0.05, 0.1) is 10.6 Å². The van der Waals surface area contributed by atoms with Crippen molar-refractivity contribution in [3.05, 3.63) is 112 Å². The predicted octanol–water partition coefficient (Wildman–Crippen LogP) is 6.81. The number of nitro groups is 1. The van der Waals surface area contributed by atoms with Crippen LogP contribution in [-0.2, 0) is 6.54 Å². The van der Waals surface area contributed by atoms with E-state index in [4.69, 9.17) is 4.98 Å². The molecular formula is C30H27N5O2S. The molecule has 0 atom stereocenters. The maximum Gasteiger partial charge on any atom is 0.292 e. The van der Waals surface area contributed by atoms with Gasteiger partial charge in [-0.2, -0.15) is 0 Å². The normalized spacial score (nSPS) is 13.6. The Morgan fingerprint density at radius 1 is 0.868 bits per heavy atom. The van der Waals surface area contributed by atoms with Crippen molar-refractivity contribution < 1.29 is 4.92 Å². The molecule has 1 fully saturated rings. The van der Waals surface area contributed by atoms with E-state index in [0.717, 1.165) is 53.8 Å². The fourth-order valence-electron chi connectivity index (χ4n) is 4.95. The summed E-state index contributed by atoms with van der Waals surface area (Å²) in [5.74, 6) is 0. The summed E-state index contributed by atoms with van der Waals surface area (Å²) in [6.07, 6.45) is 0. The summed E-state index contributed by atoms with van der Waals surface area (Å²) in [6, 6.07) is 30.0. The lowest BCUT2D eigenvalue weighted by Gasteiger charge is -2.36. The molecule has 0 saturated carbocycles. The van der Waals surface area contributed by atoms with Crippen molar-refractivity contribution in [1.29, 1.82) is 0 Å². The van der Waals surface area contributed by atoms with Gasteiger partial charge in [0.1, 0.15) is 5.69 Å². The van der Waals surface area contributed by atoms with Crippen LogP contribution in [0.2, 0.25) is 0 Å². The van der Waals surface area contributed by atoms with E-state index in [-0.39, 0.29) is 10.6 Å². The number of nitro benzene ring substituents is 1. The van der Waals surface area contributed by atoms with Crippen LogP contribution in [0, 0.1) is 10.1 Å². The van der Waals surface area contributed by atoms with Crippen LogP contribution in [-0.4, -0.2) is 36.1 Å². The van der Waals surface area contributed by atoms with Crippen molar-refractivity contribution in [3.8, 4) is 11.3 Å². The quantitative estimate of drug-likeness (QED) is 0.187. The first-order chi connectivity index (χ1) is 18.7. The van der Waals surface area contributed by atoms with Crippen molar-refractivity contribution in [3.63, 3.8) is 0 Å². The van der Waals surface area contributed by atoms with Crippen LogP contribution in [0.15, 0.2) is 96.4 Å². The maximum atomic E-state index is 11.6. The molecule has 5 aromatic rings. The largest absolute Gasteiger partial charge is 0.375 e. The Morgan fingerprint density at radius 3 is 2.42 bits per heavy atom. The summed E-state index contributed by atoms with van der Waals surface area (Å²) in [6.45, 7) is 3.85. The van der Waals surface area contributed by atoms with Crippen molar-refractivity contribution in [2.75, 3.05) is 41.3 Å². The van der Waals surface area contributed by atoms with E-state index in [9.17, 15) is 10.1 Å². The minimum atomic E-state index is -0.328. The Kier molecular flexibility index (Phi) is 6.62. The molecule has 0 spiro atoms. The molecule has 1 aromatic heterocycles. The van der Waals surface area contributed by atoms with Crippen molar-refractivity contribution >= 4 is 44.3 Å². The third-order valence-electron chi connectivity index (χ3n) is 6.98. The standard InChI is InChI=1S/C30H27N5O2S/c36-35(37)29-14-13-24(19-27(29)31-20-22-7-2-1-3-8-22)33-15-17-34(18-16-33)30-32-28(21-38-30)26-12-6-10-23-9-4-5-11-25(23)26/h1-14,19,21,31H,15-18,20H2. The number of thiazole rings is 1. The molecule has 1 aliphatic heterocycles. The highest BCUT2D eigenvalue weighted by Gasteiger charge is 2.22. The van der Waals surface area contributed by atoms with Crippen molar-refractivity contribution in [1.82, 2.24) is 4.98 Å². The van der Waals surface area contributed by atoms with Crippen LogP contribution >= 0.6 is 11.3 Å². The summed E-state index contributed by atoms with van der Waals surface area (Å²) in [5, 5.41) is 20.5. The summed E-state index contributed by atoms with van der Waals surface area (Å²) in [7, 11) is 0. The molecule has 38 heavy (non-hydrogen) atoms. The zero-order chi connectivity index (χ0) is 25.9. The molecule has 0 amide bonds.